The van der Waals surface area contributed by atoms with E-state index in [4.69, 9.17) is 9.47 Å². The third-order valence-electron chi connectivity index (χ3n) is 5.67. The highest BCUT2D eigenvalue weighted by Gasteiger charge is 2.23. The average Bonchev–Trinajstić information content (AvgIpc) is 3.50. The number of hydrogen-bond donors (Lipinski definition) is 2. The van der Waals surface area contributed by atoms with E-state index in [-0.39, 0.29) is 12.3 Å². The number of carbonyl (C=O) groups excluding carboxylic acids is 1. The fourth-order valence-corrected chi connectivity index (χ4v) is 4.72. The number of thiazole rings is 1. The minimum atomic E-state index is -0.390. The number of carbonyl (C=O) groups is 1. The number of anilines is 2. The van der Waals surface area contributed by atoms with Crippen LogP contribution in [0.25, 0.3) is 5.76 Å². The average molecular weight is 478 g/mol. The maximum atomic E-state index is 12.5. The first-order valence-electron chi connectivity index (χ1n) is 11.5. The van der Waals surface area contributed by atoms with Crippen LogP contribution in [0, 0.1) is 0 Å². The van der Waals surface area contributed by atoms with Crippen LogP contribution in [0.1, 0.15) is 35.5 Å². The molecule has 0 aliphatic carbocycles. The van der Waals surface area contributed by atoms with Gasteiger partial charge in [0.2, 0.25) is 6.29 Å². The Morgan fingerprint density at radius 1 is 1.00 bits per heavy atom. The van der Waals surface area contributed by atoms with Crippen molar-refractivity contribution in [3.8, 4) is 0 Å². The fraction of sp³-hybridized carbons (Fsp3) is 0.320. The van der Waals surface area contributed by atoms with Gasteiger partial charge in [0.15, 0.2) is 10.8 Å². The second kappa shape index (κ2) is 10.7. The predicted octanol–water partition coefficient (Wildman–Crippen LogP) is 5.08. The predicted molar refractivity (Wildman–Crippen MR) is 132 cm³/mol. The van der Waals surface area contributed by atoms with Crippen molar-refractivity contribution in [3.63, 3.8) is 0 Å². The molecule has 176 valence electrons. The quantitative estimate of drug-likeness (QED) is 0.493. The van der Waals surface area contributed by atoms with Crippen LogP contribution < -0.4 is 10.6 Å². The molecular weight excluding hydrogens is 450 g/mol. The number of hydrogen-bond acceptors (Lipinski definition) is 7. The van der Waals surface area contributed by atoms with E-state index >= 15 is 0 Å². The van der Waals surface area contributed by atoms with Gasteiger partial charge in [-0.3, -0.25) is 15.5 Å². The SMILES string of the molecule is O=C(Nc1cccc(CN2CCCCC2)n1)Nc1csc(C2=COC(Cc3ccccc3)O2)n1. The lowest BCUT2D eigenvalue weighted by Crippen LogP contribution is -2.29. The number of aromatic nitrogens is 2. The highest BCUT2D eigenvalue weighted by Crippen LogP contribution is 2.29. The van der Waals surface area contributed by atoms with E-state index in [1.54, 1.807) is 17.7 Å². The summed E-state index contributed by atoms with van der Waals surface area (Å²) in [4.78, 5) is 23.9. The van der Waals surface area contributed by atoms with Crippen molar-refractivity contribution >= 4 is 34.8 Å². The molecule has 1 unspecified atom stereocenters. The summed E-state index contributed by atoms with van der Waals surface area (Å²) in [6.07, 6.45) is 5.60. The molecule has 3 aromatic rings. The van der Waals surface area contributed by atoms with Crippen LogP contribution >= 0.6 is 11.3 Å². The number of nitrogens with zero attached hydrogens (tertiary/aromatic N) is 3. The third-order valence-corrected chi connectivity index (χ3v) is 6.53. The van der Waals surface area contributed by atoms with Gasteiger partial charge in [0, 0.05) is 18.3 Å². The second-order valence-corrected chi connectivity index (χ2v) is 9.18. The molecule has 1 fully saturated rings. The first-order valence-corrected chi connectivity index (χ1v) is 12.4. The molecule has 9 heteroatoms. The molecule has 2 amide bonds. The Balaban J connectivity index is 1.12. The first kappa shape index (κ1) is 22.4. The molecule has 0 bridgehead atoms. The van der Waals surface area contributed by atoms with Gasteiger partial charge in [-0.15, -0.1) is 11.3 Å². The van der Waals surface area contributed by atoms with Crippen LogP contribution in [-0.4, -0.2) is 40.3 Å². The molecule has 1 aromatic carbocycles. The zero-order valence-electron chi connectivity index (χ0n) is 18.8. The van der Waals surface area contributed by atoms with Crippen LogP contribution in [0.5, 0.6) is 0 Å². The number of amides is 2. The lowest BCUT2D eigenvalue weighted by atomic mass is 10.1. The number of piperidine rings is 1. The van der Waals surface area contributed by atoms with Gasteiger partial charge < -0.3 is 9.47 Å². The van der Waals surface area contributed by atoms with Gasteiger partial charge in [-0.25, -0.2) is 14.8 Å². The molecule has 2 aliphatic rings. The van der Waals surface area contributed by atoms with Crippen LogP contribution in [0.2, 0.25) is 0 Å². The number of nitrogens with one attached hydrogen (secondary N) is 2. The molecule has 4 heterocycles. The number of rotatable bonds is 7. The summed E-state index contributed by atoms with van der Waals surface area (Å²) in [5, 5.41) is 7.97. The molecule has 0 radical (unpaired) electrons. The van der Waals surface area contributed by atoms with Crippen molar-refractivity contribution in [2.45, 2.75) is 38.5 Å². The van der Waals surface area contributed by atoms with Gasteiger partial charge in [-0.05, 0) is 43.6 Å². The Hall–Kier alpha value is -3.43. The van der Waals surface area contributed by atoms with E-state index in [1.807, 2.05) is 42.5 Å². The monoisotopic (exact) mass is 477 g/mol. The van der Waals surface area contributed by atoms with E-state index in [2.05, 4.69) is 25.5 Å². The summed E-state index contributed by atoms with van der Waals surface area (Å²) in [5.41, 5.74) is 2.08. The molecular formula is C25H27N5O3S. The Morgan fingerprint density at radius 3 is 2.68 bits per heavy atom. The van der Waals surface area contributed by atoms with Crippen LogP contribution in [0.4, 0.5) is 16.4 Å². The van der Waals surface area contributed by atoms with Crippen molar-refractivity contribution < 1.29 is 14.3 Å². The number of likely N-dealkylation sites (tertiary alicyclic amines) is 1. The van der Waals surface area contributed by atoms with Crippen molar-refractivity contribution in [2.24, 2.45) is 0 Å². The van der Waals surface area contributed by atoms with Crippen molar-refractivity contribution in [1.29, 1.82) is 0 Å². The zero-order chi connectivity index (χ0) is 23.2. The third kappa shape index (κ3) is 5.92. The summed E-state index contributed by atoms with van der Waals surface area (Å²) in [7, 11) is 0. The summed E-state index contributed by atoms with van der Waals surface area (Å²) in [6.45, 7) is 3.00. The van der Waals surface area contributed by atoms with Crippen molar-refractivity contribution in [3.05, 3.63) is 76.4 Å². The lowest BCUT2D eigenvalue weighted by molar-refractivity contribution is -0.0136. The molecule has 1 saturated heterocycles. The summed E-state index contributed by atoms with van der Waals surface area (Å²) < 4.78 is 11.5. The lowest BCUT2D eigenvalue weighted by Gasteiger charge is -2.26. The topological polar surface area (TPSA) is 88.6 Å². The number of benzene rings is 1. The second-order valence-electron chi connectivity index (χ2n) is 8.32. The zero-order valence-corrected chi connectivity index (χ0v) is 19.6. The fourth-order valence-electron chi connectivity index (χ4n) is 4.02. The Labute approximate surface area is 202 Å². The molecule has 8 nitrogen and oxygen atoms in total. The van der Waals surface area contributed by atoms with E-state index in [0.717, 1.165) is 30.9 Å². The number of ether oxygens (including phenoxy) is 2. The van der Waals surface area contributed by atoms with Crippen molar-refractivity contribution in [2.75, 3.05) is 23.7 Å². The molecule has 2 aromatic heterocycles. The van der Waals surface area contributed by atoms with Crippen LogP contribution in [-0.2, 0) is 22.4 Å². The van der Waals surface area contributed by atoms with E-state index in [1.165, 1.54) is 30.6 Å². The molecule has 1 atom stereocenters. The first-order chi connectivity index (χ1) is 16.7. The molecule has 2 N–H and O–H groups in total. The molecule has 34 heavy (non-hydrogen) atoms. The van der Waals surface area contributed by atoms with Gasteiger partial charge in [0.1, 0.15) is 17.9 Å². The molecule has 5 rings (SSSR count). The highest BCUT2D eigenvalue weighted by molar-refractivity contribution is 7.11. The summed E-state index contributed by atoms with van der Waals surface area (Å²) >= 11 is 1.38. The normalized spacial score (nSPS) is 18.0. The van der Waals surface area contributed by atoms with Crippen LogP contribution in [0.3, 0.4) is 0 Å². The standard InChI is InChI=1S/C25H27N5O3S/c31-25(28-21-11-7-10-19(26-21)15-30-12-5-2-6-13-30)29-22-17-34-24(27-22)20-16-32-23(33-20)14-18-8-3-1-4-9-18/h1,3-4,7-11,16-17,23H,2,5-6,12-15H2,(H2,26,28,29,31). The Bertz CT molecular complexity index is 1140. The van der Waals surface area contributed by atoms with Gasteiger partial charge in [0.05, 0.1) is 5.69 Å². The minimum absolute atomic E-state index is 0.385. The maximum absolute atomic E-state index is 12.5. The van der Waals surface area contributed by atoms with Crippen LogP contribution in [0.15, 0.2) is 60.2 Å². The maximum Gasteiger partial charge on any atom is 0.326 e. The van der Waals surface area contributed by atoms with E-state index < -0.39 is 0 Å². The van der Waals surface area contributed by atoms with Gasteiger partial charge in [-0.2, -0.15) is 0 Å². The Kier molecular flexibility index (Phi) is 7.02. The van der Waals surface area contributed by atoms with Gasteiger partial charge in [-0.1, -0.05) is 42.8 Å². The van der Waals surface area contributed by atoms with Gasteiger partial charge in [0.25, 0.3) is 0 Å². The number of pyridine rings is 1. The van der Waals surface area contributed by atoms with E-state index in [0.29, 0.717) is 28.8 Å². The smallest absolute Gasteiger partial charge is 0.326 e. The summed E-state index contributed by atoms with van der Waals surface area (Å²) in [5.74, 6) is 1.52. The highest BCUT2D eigenvalue weighted by atomic mass is 32.1. The Morgan fingerprint density at radius 2 is 1.82 bits per heavy atom. The molecule has 0 saturated carbocycles. The summed E-state index contributed by atoms with van der Waals surface area (Å²) in [6, 6.07) is 15.3. The largest absolute Gasteiger partial charge is 0.458 e. The minimum Gasteiger partial charge on any atom is -0.458 e. The molecule has 0 spiro atoms. The van der Waals surface area contributed by atoms with Crippen molar-refractivity contribution in [1.82, 2.24) is 14.9 Å². The number of urea groups is 1. The molecule has 2 aliphatic heterocycles. The van der Waals surface area contributed by atoms with E-state index in [9.17, 15) is 4.79 Å². The van der Waals surface area contributed by atoms with Gasteiger partial charge >= 0.3 is 6.03 Å².